The predicted molar refractivity (Wildman–Crippen MR) is 101 cm³/mol. The summed E-state index contributed by atoms with van der Waals surface area (Å²) in [5, 5.41) is 10.0. The highest BCUT2D eigenvalue weighted by Gasteiger charge is 2.19. The van der Waals surface area contributed by atoms with Crippen LogP contribution in [0.15, 0.2) is 48.5 Å². The first-order valence-corrected chi connectivity index (χ1v) is 8.51. The Balaban J connectivity index is 1.78. The van der Waals surface area contributed by atoms with Gasteiger partial charge in [0.25, 0.3) is 0 Å². The Morgan fingerprint density at radius 1 is 1.11 bits per heavy atom. The minimum Gasteiger partial charge on any atom is -0.371 e. The van der Waals surface area contributed by atoms with Crippen molar-refractivity contribution in [1.82, 2.24) is 9.78 Å². The molecular weight excluding hydrogens is 350 g/mol. The minimum absolute atomic E-state index is 0.193. The molecule has 1 aromatic heterocycles. The summed E-state index contributed by atoms with van der Waals surface area (Å²) < 4.78 is 28.8. The number of hydrogen-bond donors (Lipinski definition) is 2. The number of anilines is 2. The lowest BCUT2D eigenvalue weighted by Gasteiger charge is -2.16. The SMILES string of the molecule is Cc1nn(-c2ccccc2)c(C)c1NC(C)C(=O)Nc1cc(F)ccc1F. The van der Waals surface area contributed by atoms with Gasteiger partial charge >= 0.3 is 0 Å². The highest BCUT2D eigenvalue weighted by atomic mass is 19.1. The number of nitrogens with zero attached hydrogens (tertiary/aromatic N) is 2. The summed E-state index contributed by atoms with van der Waals surface area (Å²) in [6.07, 6.45) is 0. The minimum atomic E-state index is -0.693. The first-order valence-electron chi connectivity index (χ1n) is 8.51. The second-order valence-corrected chi connectivity index (χ2v) is 6.27. The number of benzene rings is 2. The van der Waals surface area contributed by atoms with Crippen LogP contribution in [0.25, 0.3) is 5.69 Å². The van der Waals surface area contributed by atoms with E-state index in [1.807, 2.05) is 44.2 Å². The van der Waals surface area contributed by atoms with Crippen LogP contribution in [-0.2, 0) is 4.79 Å². The highest BCUT2D eigenvalue weighted by Crippen LogP contribution is 2.24. The van der Waals surface area contributed by atoms with Gasteiger partial charge in [-0.05, 0) is 45.0 Å². The molecule has 3 aromatic rings. The van der Waals surface area contributed by atoms with Crippen molar-refractivity contribution in [3.05, 3.63) is 71.6 Å². The molecule has 0 bridgehead atoms. The smallest absolute Gasteiger partial charge is 0.246 e. The summed E-state index contributed by atoms with van der Waals surface area (Å²) in [7, 11) is 0. The van der Waals surface area contributed by atoms with Gasteiger partial charge in [-0.2, -0.15) is 5.10 Å². The van der Waals surface area contributed by atoms with E-state index in [9.17, 15) is 13.6 Å². The summed E-state index contributed by atoms with van der Waals surface area (Å²) in [4.78, 5) is 12.4. The van der Waals surface area contributed by atoms with Crippen molar-refractivity contribution in [1.29, 1.82) is 0 Å². The van der Waals surface area contributed by atoms with Crippen LogP contribution in [0.1, 0.15) is 18.3 Å². The van der Waals surface area contributed by atoms with Gasteiger partial charge < -0.3 is 10.6 Å². The van der Waals surface area contributed by atoms with Crippen molar-refractivity contribution in [2.45, 2.75) is 26.8 Å². The molecule has 0 saturated heterocycles. The van der Waals surface area contributed by atoms with Crippen molar-refractivity contribution < 1.29 is 13.6 Å². The van der Waals surface area contributed by atoms with Crippen molar-refractivity contribution in [2.24, 2.45) is 0 Å². The van der Waals surface area contributed by atoms with Crippen LogP contribution in [0.2, 0.25) is 0 Å². The Labute approximate surface area is 156 Å². The molecule has 5 nitrogen and oxygen atoms in total. The second kappa shape index (κ2) is 7.57. The third-order valence-electron chi connectivity index (χ3n) is 4.23. The van der Waals surface area contributed by atoms with Gasteiger partial charge in [0, 0.05) is 6.07 Å². The zero-order chi connectivity index (χ0) is 19.6. The quantitative estimate of drug-likeness (QED) is 0.707. The number of nitrogens with one attached hydrogen (secondary N) is 2. The molecule has 0 aliphatic heterocycles. The number of para-hydroxylation sites is 1. The first kappa shape index (κ1) is 18.6. The molecule has 2 N–H and O–H groups in total. The number of halogens is 2. The third-order valence-corrected chi connectivity index (χ3v) is 4.23. The van der Waals surface area contributed by atoms with Gasteiger partial charge in [-0.25, -0.2) is 13.5 Å². The van der Waals surface area contributed by atoms with Gasteiger partial charge in [-0.1, -0.05) is 18.2 Å². The fraction of sp³-hybridized carbons (Fsp3) is 0.200. The standard InChI is InChI=1S/C20H20F2N4O/c1-12-19(14(3)26(25-12)16-7-5-4-6-8-16)23-13(2)20(27)24-18-11-15(21)9-10-17(18)22/h4-11,13,23H,1-3H3,(H,24,27). The maximum absolute atomic E-state index is 13.7. The lowest BCUT2D eigenvalue weighted by Crippen LogP contribution is -2.32. The van der Waals surface area contributed by atoms with E-state index in [2.05, 4.69) is 15.7 Å². The average Bonchev–Trinajstić information content (AvgIpc) is 2.93. The molecule has 0 spiro atoms. The maximum atomic E-state index is 13.7. The molecule has 7 heteroatoms. The van der Waals surface area contributed by atoms with Crippen LogP contribution in [0.5, 0.6) is 0 Å². The number of aryl methyl sites for hydroxylation is 1. The van der Waals surface area contributed by atoms with Crippen LogP contribution >= 0.6 is 0 Å². The van der Waals surface area contributed by atoms with E-state index in [0.29, 0.717) is 0 Å². The summed E-state index contributed by atoms with van der Waals surface area (Å²) in [5.41, 5.74) is 3.01. The van der Waals surface area contributed by atoms with E-state index in [0.717, 1.165) is 41.0 Å². The lowest BCUT2D eigenvalue weighted by atomic mass is 10.2. The molecule has 1 amide bonds. The topological polar surface area (TPSA) is 59.0 Å². The molecule has 0 aliphatic rings. The van der Waals surface area contributed by atoms with Gasteiger partial charge in [0.15, 0.2) is 0 Å². The molecule has 1 unspecified atom stereocenters. The van der Waals surface area contributed by atoms with Crippen molar-refractivity contribution in [3.8, 4) is 5.69 Å². The zero-order valence-corrected chi connectivity index (χ0v) is 15.3. The predicted octanol–water partition coefficient (Wildman–Crippen LogP) is 4.21. The maximum Gasteiger partial charge on any atom is 0.246 e. The molecule has 3 rings (SSSR count). The molecule has 1 heterocycles. The fourth-order valence-electron chi connectivity index (χ4n) is 2.79. The van der Waals surface area contributed by atoms with E-state index in [-0.39, 0.29) is 5.69 Å². The number of aromatic nitrogens is 2. The van der Waals surface area contributed by atoms with E-state index in [1.54, 1.807) is 11.6 Å². The van der Waals surface area contributed by atoms with E-state index in [4.69, 9.17) is 0 Å². The normalized spacial score (nSPS) is 11.9. The Kier molecular flexibility index (Phi) is 5.21. The number of amides is 1. The van der Waals surface area contributed by atoms with Crippen LogP contribution in [0.3, 0.4) is 0 Å². The molecule has 0 radical (unpaired) electrons. The summed E-state index contributed by atoms with van der Waals surface area (Å²) in [6.45, 7) is 5.38. The monoisotopic (exact) mass is 370 g/mol. The summed E-state index contributed by atoms with van der Waals surface area (Å²) >= 11 is 0. The number of rotatable bonds is 5. The number of hydrogen-bond acceptors (Lipinski definition) is 3. The highest BCUT2D eigenvalue weighted by molar-refractivity contribution is 5.96. The van der Waals surface area contributed by atoms with Gasteiger partial charge in [0.05, 0.1) is 28.5 Å². The number of carbonyl (C=O) groups is 1. The first-order chi connectivity index (χ1) is 12.9. The Bertz CT molecular complexity index is 970. The van der Waals surface area contributed by atoms with Gasteiger partial charge in [0.1, 0.15) is 17.7 Å². The Morgan fingerprint density at radius 2 is 1.81 bits per heavy atom. The van der Waals surface area contributed by atoms with Crippen molar-refractivity contribution >= 4 is 17.3 Å². The number of carbonyl (C=O) groups excluding carboxylic acids is 1. The van der Waals surface area contributed by atoms with Crippen LogP contribution < -0.4 is 10.6 Å². The van der Waals surface area contributed by atoms with E-state index >= 15 is 0 Å². The van der Waals surface area contributed by atoms with Crippen molar-refractivity contribution in [3.63, 3.8) is 0 Å². The largest absolute Gasteiger partial charge is 0.371 e. The molecule has 2 aromatic carbocycles. The van der Waals surface area contributed by atoms with Crippen molar-refractivity contribution in [2.75, 3.05) is 10.6 Å². The average molecular weight is 370 g/mol. The zero-order valence-electron chi connectivity index (χ0n) is 15.3. The molecule has 27 heavy (non-hydrogen) atoms. The summed E-state index contributed by atoms with van der Waals surface area (Å²) in [5.74, 6) is -1.80. The molecule has 0 aliphatic carbocycles. The third kappa shape index (κ3) is 3.97. The second-order valence-electron chi connectivity index (χ2n) is 6.27. The van der Waals surface area contributed by atoms with E-state index < -0.39 is 23.6 Å². The Morgan fingerprint density at radius 3 is 2.52 bits per heavy atom. The van der Waals surface area contributed by atoms with Gasteiger partial charge in [-0.3, -0.25) is 4.79 Å². The fourth-order valence-corrected chi connectivity index (χ4v) is 2.79. The lowest BCUT2D eigenvalue weighted by molar-refractivity contribution is -0.116. The van der Waals surface area contributed by atoms with Gasteiger partial charge in [-0.15, -0.1) is 0 Å². The summed E-state index contributed by atoms with van der Waals surface area (Å²) in [6, 6.07) is 11.9. The van der Waals surface area contributed by atoms with E-state index in [1.165, 1.54) is 0 Å². The molecule has 140 valence electrons. The molecule has 0 saturated carbocycles. The molecule has 0 fully saturated rings. The van der Waals surface area contributed by atoms with Gasteiger partial charge in [0.2, 0.25) is 5.91 Å². The molecule has 1 atom stereocenters. The molecular formula is C20H20F2N4O. The van der Waals surface area contributed by atoms with Crippen LogP contribution in [-0.4, -0.2) is 21.7 Å². The Hall–Kier alpha value is -3.22. The van der Waals surface area contributed by atoms with Crippen LogP contribution in [0, 0.1) is 25.5 Å². The van der Waals surface area contributed by atoms with Crippen LogP contribution in [0.4, 0.5) is 20.2 Å².